The van der Waals surface area contributed by atoms with Crippen molar-refractivity contribution in [1.29, 1.82) is 0 Å². The van der Waals surface area contributed by atoms with Crippen LogP contribution < -0.4 is 5.73 Å². The SMILES string of the molecule is Cl.N[C@@H](c1cc(C(F)(F)F)cc(Cl)c1F)[C@H](O)C1CCCC1. The van der Waals surface area contributed by atoms with Crippen molar-refractivity contribution >= 4 is 24.0 Å². The number of rotatable bonds is 3. The lowest BCUT2D eigenvalue weighted by Gasteiger charge is -2.25. The van der Waals surface area contributed by atoms with Crippen molar-refractivity contribution in [2.75, 3.05) is 0 Å². The van der Waals surface area contributed by atoms with Crippen LogP contribution in [0.2, 0.25) is 5.02 Å². The van der Waals surface area contributed by atoms with E-state index < -0.39 is 40.3 Å². The van der Waals surface area contributed by atoms with E-state index in [1.54, 1.807) is 0 Å². The normalized spacial score (nSPS) is 18.9. The van der Waals surface area contributed by atoms with Gasteiger partial charge in [-0.2, -0.15) is 13.2 Å². The summed E-state index contributed by atoms with van der Waals surface area (Å²) in [5.74, 6) is -1.12. The molecule has 1 aromatic carbocycles. The zero-order chi connectivity index (χ0) is 15.8. The van der Waals surface area contributed by atoms with E-state index in [2.05, 4.69) is 0 Å². The molecule has 2 atom stereocenters. The molecule has 0 radical (unpaired) electrons. The zero-order valence-corrected chi connectivity index (χ0v) is 13.1. The van der Waals surface area contributed by atoms with Crippen molar-refractivity contribution in [3.8, 4) is 0 Å². The number of hydrogen-bond donors (Lipinski definition) is 2. The third-order valence-electron chi connectivity index (χ3n) is 3.99. The Labute approximate surface area is 137 Å². The van der Waals surface area contributed by atoms with Gasteiger partial charge in [0.1, 0.15) is 5.82 Å². The Morgan fingerprint density at radius 3 is 2.27 bits per heavy atom. The number of aliphatic hydroxyl groups is 1. The summed E-state index contributed by atoms with van der Waals surface area (Å²) in [6.45, 7) is 0. The Kier molecular flexibility index (Phi) is 6.50. The second kappa shape index (κ2) is 7.34. The summed E-state index contributed by atoms with van der Waals surface area (Å²) in [5, 5.41) is 9.52. The Bertz CT molecular complexity index is 518. The molecule has 126 valence electrons. The number of alkyl halides is 3. The third kappa shape index (κ3) is 4.04. The predicted molar refractivity (Wildman–Crippen MR) is 78.6 cm³/mol. The van der Waals surface area contributed by atoms with E-state index in [-0.39, 0.29) is 18.3 Å². The summed E-state index contributed by atoms with van der Waals surface area (Å²) in [6, 6.07) is -0.0769. The molecule has 0 spiro atoms. The summed E-state index contributed by atoms with van der Waals surface area (Å²) < 4.78 is 52.3. The first kappa shape index (κ1) is 19.5. The third-order valence-corrected chi connectivity index (χ3v) is 4.27. The highest BCUT2D eigenvalue weighted by Crippen LogP contribution is 2.38. The van der Waals surface area contributed by atoms with Crippen LogP contribution in [0, 0.1) is 11.7 Å². The van der Waals surface area contributed by atoms with Crippen LogP contribution in [0.1, 0.15) is 42.9 Å². The zero-order valence-electron chi connectivity index (χ0n) is 11.5. The molecule has 0 unspecified atom stereocenters. The quantitative estimate of drug-likeness (QED) is 0.780. The second-order valence-electron chi connectivity index (χ2n) is 5.42. The molecule has 0 heterocycles. The number of benzene rings is 1. The lowest BCUT2D eigenvalue weighted by atomic mass is 9.90. The molecule has 0 bridgehead atoms. The van der Waals surface area contributed by atoms with E-state index >= 15 is 0 Å². The van der Waals surface area contributed by atoms with E-state index in [0.29, 0.717) is 12.1 Å². The molecule has 1 fully saturated rings. The number of nitrogens with two attached hydrogens (primary N) is 1. The Hall–Kier alpha value is -0.560. The number of aliphatic hydroxyl groups excluding tert-OH is 1. The van der Waals surface area contributed by atoms with Crippen molar-refractivity contribution < 1.29 is 22.7 Å². The molecule has 1 aromatic rings. The fourth-order valence-corrected chi connectivity index (χ4v) is 3.02. The molecule has 0 aromatic heterocycles. The average molecular weight is 362 g/mol. The van der Waals surface area contributed by atoms with Crippen molar-refractivity contribution in [3.05, 3.63) is 34.1 Å². The minimum absolute atomic E-state index is 0. The Morgan fingerprint density at radius 1 is 1.23 bits per heavy atom. The van der Waals surface area contributed by atoms with Gasteiger partial charge in [-0.25, -0.2) is 4.39 Å². The highest BCUT2D eigenvalue weighted by atomic mass is 35.5. The summed E-state index contributed by atoms with van der Waals surface area (Å²) in [7, 11) is 0. The molecule has 2 rings (SSSR count). The first-order chi connectivity index (χ1) is 9.71. The van der Waals surface area contributed by atoms with Crippen LogP contribution in [0.3, 0.4) is 0 Å². The largest absolute Gasteiger partial charge is 0.416 e. The minimum Gasteiger partial charge on any atom is -0.391 e. The van der Waals surface area contributed by atoms with Crippen LogP contribution in [0.4, 0.5) is 17.6 Å². The van der Waals surface area contributed by atoms with Gasteiger partial charge in [-0.1, -0.05) is 24.4 Å². The van der Waals surface area contributed by atoms with Gasteiger partial charge in [0.15, 0.2) is 0 Å². The Balaban J connectivity index is 0.00000242. The smallest absolute Gasteiger partial charge is 0.391 e. The van der Waals surface area contributed by atoms with Crippen molar-refractivity contribution in [3.63, 3.8) is 0 Å². The van der Waals surface area contributed by atoms with Crippen molar-refractivity contribution in [2.45, 2.75) is 44.0 Å². The summed E-state index contributed by atoms with van der Waals surface area (Å²) in [6.07, 6.45) is -2.39. The maximum atomic E-state index is 14.0. The van der Waals surface area contributed by atoms with Gasteiger partial charge >= 0.3 is 6.18 Å². The van der Waals surface area contributed by atoms with E-state index in [9.17, 15) is 22.7 Å². The summed E-state index contributed by atoms with van der Waals surface area (Å²) >= 11 is 5.52. The van der Waals surface area contributed by atoms with Crippen LogP contribution in [-0.2, 0) is 6.18 Å². The lowest BCUT2D eigenvalue weighted by molar-refractivity contribution is -0.137. The topological polar surface area (TPSA) is 46.2 Å². The van der Waals surface area contributed by atoms with Gasteiger partial charge in [0, 0.05) is 5.56 Å². The van der Waals surface area contributed by atoms with E-state index in [1.807, 2.05) is 0 Å². The van der Waals surface area contributed by atoms with Crippen LogP contribution in [0.5, 0.6) is 0 Å². The first-order valence-electron chi connectivity index (χ1n) is 6.71. The number of hydrogen-bond acceptors (Lipinski definition) is 2. The van der Waals surface area contributed by atoms with Gasteiger partial charge in [0.05, 0.1) is 22.7 Å². The van der Waals surface area contributed by atoms with Gasteiger partial charge in [-0.3, -0.25) is 0 Å². The van der Waals surface area contributed by atoms with E-state index in [0.717, 1.165) is 25.7 Å². The molecule has 0 amide bonds. The molecule has 1 saturated carbocycles. The second-order valence-corrected chi connectivity index (χ2v) is 5.83. The fraction of sp³-hybridized carbons (Fsp3) is 0.571. The monoisotopic (exact) mass is 361 g/mol. The maximum Gasteiger partial charge on any atom is 0.416 e. The van der Waals surface area contributed by atoms with Gasteiger partial charge in [0.25, 0.3) is 0 Å². The van der Waals surface area contributed by atoms with Crippen LogP contribution in [0.15, 0.2) is 12.1 Å². The van der Waals surface area contributed by atoms with Gasteiger partial charge in [0.2, 0.25) is 0 Å². The highest BCUT2D eigenvalue weighted by Gasteiger charge is 2.35. The van der Waals surface area contributed by atoms with Crippen molar-refractivity contribution in [1.82, 2.24) is 0 Å². The fourth-order valence-electron chi connectivity index (χ4n) is 2.79. The summed E-state index contributed by atoms with van der Waals surface area (Å²) in [5.41, 5.74) is 4.32. The van der Waals surface area contributed by atoms with Crippen LogP contribution >= 0.6 is 24.0 Å². The molecular weight excluding hydrogens is 345 g/mol. The molecule has 0 saturated heterocycles. The van der Waals surface area contributed by atoms with Crippen LogP contribution in [0.25, 0.3) is 0 Å². The predicted octanol–water partition coefficient (Wildman–Crippen LogP) is 4.47. The van der Waals surface area contributed by atoms with Gasteiger partial charge < -0.3 is 10.8 Å². The van der Waals surface area contributed by atoms with Gasteiger partial charge in [-0.05, 0) is 30.9 Å². The highest BCUT2D eigenvalue weighted by molar-refractivity contribution is 6.30. The molecule has 0 aliphatic heterocycles. The standard InChI is InChI=1S/C14H16ClF4NO.ClH/c15-10-6-8(14(17,18)19)5-9(11(10)16)12(20)13(21)7-3-1-2-4-7;/h5-7,12-13,21H,1-4,20H2;1H/t12-,13+;/m0./s1. The molecule has 3 N–H and O–H groups in total. The van der Waals surface area contributed by atoms with E-state index in [4.69, 9.17) is 17.3 Å². The Morgan fingerprint density at radius 2 is 1.77 bits per heavy atom. The van der Waals surface area contributed by atoms with Gasteiger partial charge in [-0.15, -0.1) is 12.4 Å². The molecular formula is C14H17Cl2F4NO. The maximum absolute atomic E-state index is 14.0. The van der Waals surface area contributed by atoms with Crippen LogP contribution in [-0.4, -0.2) is 11.2 Å². The number of halogens is 6. The average Bonchev–Trinajstić information content (AvgIpc) is 2.92. The van der Waals surface area contributed by atoms with Crippen molar-refractivity contribution in [2.24, 2.45) is 11.7 Å². The minimum atomic E-state index is -4.65. The lowest BCUT2D eigenvalue weighted by Crippen LogP contribution is -2.33. The molecule has 1 aliphatic rings. The molecule has 8 heteroatoms. The molecule has 22 heavy (non-hydrogen) atoms. The first-order valence-corrected chi connectivity index (χ1v) is 7.09. The van der Waals surface area contributed by atoms with E-state index in [1.165, 1.54) is 0 Å². The summed E-state index contributed by atoms with van der Waals surface area (Å²) in [4.78, 5) is 0. The molecule has 2 nitrogen and oxygen atoms in total. The molecule has 1 aliphatic carbocycles.